The summed E-state index contributed by atoms with van der Waals surface area (Å²) in [7, 11) is 0. The van der Waals surface area contributed by atoms with Crippen molar-refractivity contribution in [2.45, 2.75) is 13.3 Å². The molecule has 0 unspecified atom stereocenters. The lowest BCUT2D eigenvalue weighted by atomic mass is 10.1. The minimum absolute atomic E-state index is 0.150. The van der Waals surface area contributed by atoms with Gasteiger partial charge in [0.25, 0.3) is 5.91 Å². The number of hydrogen-bond donors (Lipinski definition) is 2. The second-order valence-corrected chi connectivity index (χ2v) is 6.56. The van der Waals surface area contributed by atoms with E-state index in [-0.39, 0.29) is 5.91 Å². The number of ether oxygens (including phenoxy) is 1. The van der Waals surface area contributed by atoms with E-state index >= 15 is 0 Å². The highest BCUT2D eigenvalue weighted by Gasteiger charge is 2.07. The quantitative estimate of drug-likeness (QED) is 0.572. The Morgan fingerprint density at radius 3 is 2.57 bits per heavy atom. The molecule has 0 saturated heterocycles. The van der Waals surface area contributed by atoms with Gasteiger partial charge in [-0.05, 0) is 55.3 Å². The van der Waals surface area contributed by atoms with E-state index in [0.29, 0.717) is 29.6 Å². The maximum absolute atomic E-state index is 12.3. The SMILES string of the molecule is CCOc1ccccc1Nc1ccc(C(=O)NCCc2ccc(Cl)cc2)cn1. The van der Waals surface area contributed by atoms with E-state index in [4.69, 9.17) is 16.3 Å². The minimum Gasteiger partial charge on any atom is -0.492 e. The highest BCUT2D eigenvalue weighted by molar-refractivity contribution is 6.30. The molecule has 3 rings (SSSR count). The Hall–Kier alpha value is -3.05. The topological polar surface area (TPSA) is 63.2 Å². The van der Waals surface area contributed by atoms with Crippen molar-refractivity contribution in [2.24, 2.45) is 0 Å². The minimum atomic E-state index is -0.150. The summed E-state index contributed by atoms with van der Waals surface area (Å²) in [6.07, 6.45) is 2.30. The molecule has 0 aliphatic carbocycles. The number of carbonyl (C=O) groups is 1. The van der Waals surface area contributed by atoms with Crippen LogP contribution < -0.4 is 15.4 Å². The van der Waals surface area contributed by atoms with Gasteiger partial charge < -0.3 is 15.4 Å². The lowest BCUT2D eigenvalue weighted by molar-refractivity contribution is 0.0954. The molecule has 1 heterocycles. The first-order valence-corrected chi connectivity index (χ1v) is 9.51. The molecule has 28 heavy (non-hydrogen) atoms. The Morgan fingerprint density at radius 2 is 1.86 bits per heavy atom. The lowest BCUT2D eigenvalue weighted by Gasteiger charge is -2.12. The number of anilines is 2. The van der Waals surface area contributed by atoms with Gasteiger partial charge in [0, 0.05) is 17.8 Å². The van der Waals surface area contributed by atoms with Gasteiger partial charge in [-0.1, -0.05) is 35.9 Å². The summed E-state index contributed by atoms with van der Waals surface area (Å²) in [4.78, 5) is 16.6. The number of aromatic nitrogens is 1. The highest BCUT2D eigenvalue weighted by atomic mass is 35.5. The number of nitrogens with one attached hydrogen (secondary N) is 2. The predicted molar refractivity (Wildman–Crippen MR) is 113 cm³/mol. The zero-order valence-corrected chi connectivity index (χ0v) is 16.4. The Bertz CT molecular complexity index is 912. The molecule has 0 radical (unpaired) electrons. The molecular weight excluding hydrogens is 374 g/mol. The van der Waals surface area contributed by atoms with Crippen LogP contribution in [0.5, 0.6) is 5.75 Å². The van der Waals surface area contributed by atoms with Crippen LogP contribution in [0.25, 0.3) is 0 Å². The van der Waals surface area contributed by atoms with Crippen LogP contribution in [0.2, 0.25) is 5.02 Å². The van der Waals surface area contributed by atoms with E-state index in [1.807, 2.05) is 55.5 Å². The van der Waals surface area contributed by atoms with Gasteiger partial charge in [-0.25, -0.2) is 4.98 Å². The molecule has 0 saturated carbocycles. The van der Waals surface area contributed by atoms with Gasteiger partial charge in [-0.15, -0.1) is 0 Å². The third-order valence-corrected chi connectivity index (χ3v) is 4.34. The summed E-state index contributed by atoms with van der Waals surface area (Å²) in [5.41, 5.74) is 2.46. The van der Waals surface area contributed by atoms with E-state index in [2.05, 4.69) is 15.6 Å². The van der Waals surface area contributed by atoms with E-state index in [1.54, 1.807) is 18.3 Å². The Labute approximate surface area is 169 Å². The fourth-order valence-electron chi connectivity index (χ4n) is 2.66. The van der Waals surface area contributed by atoms with Crippen LogP contribution in [-0.2, 0) is 6.42 Å². The molecule has 2 aromatic carbocycles. The molecule has 0 atom stereocenters. The normalized spacial score (nSPS) is 10.4. The van der Waals surface area contributed by atoms with Crippen LogP contribution in [0.1, 0.15) is 22.8 Å². The summed E-state index contributed by atoms with van der Waals surface area (Å²) in [6, 6.07) is 18.8. The second kappa shape index (κ2) is 9.76. The number of rotatable bonds is 8. The molecule has 6 heteroatoms. The third kappa shape index (κ3) is 5.47. The average Bonchev–Trinajstić information content (AvgIpc) is 2.71. The summed E-state index contributed by atoms with van der Waals surface area (Å²) in [6.45, 7) is 3.07. The molecule has 0 fully saturated rings. The summed E-state index contributed by atoms with van der Waals surface area (Å²) < 4.78 is 5.60. The number of para-hydroxylation sites is 2. The molecule has 1 amide bonds. The molecule has 0 bridgehead atoms. The predicted octanol–water partition coefficient (Wildman–Crippen LogP) is 4.85. The van der Waals surface area contributed by atoms with E-state index in [9.17, 15) is 4.79 Å². The first-order valence-electron chi connectivity index (χ1n) is 9.13. The van der Waals surface area contributed by atoms with Crippen molar-refractivity contribution < 1.29 is 9.53 Å². The number of pyridine rings is 1. The van der Waals surface area contributed by atoms with Gasteiger partial charge in [-0.3, -0.25) is 4.79 Å². The summed E-state index contributed by atoms with van der Waals surface area (Å²) in [5, 5.41) is 6.82. The summed E-state index contributed by atoms with van der Waals surface area (Å²) >= 11 is 5.88. The van der Waals surface area contributed by atoms with Crippen molar-refractivity contribution in [3.05, 3.63) is 83.0 Å². The Morgan fingerprint density at radius 1 is 1.07 bits per heavy atom. The lowest BCUT2D eigenvalue weighted by Crippen LogP contribution is -2.25. The molecule has 144 valence electrons. The second-order valence-electron chi connectivity index (χ2n) is 6.12. The standard InChI is InChI=1S/C22H22ClN3O2/c1-2-28-20-6-4-3-5-19(20)26-21-12-9-17(15-25-21)22(27)24-14-13-16-7-10-18(23)11-8-16/h3-12,15H,2,13-14H2,1H3,(H,24,27)(H,25,26). The van der Waals surface area contributed by atoms with Crippen LogP contribution >= 0.6 is 11.6 Å². The van der Waals surface area contributed by atoms with Crippen molar-refractivity contribution in [3.63, 3.8) is 0 Å². The van der Waals surface area contributed by atoms with Gasteiger partial charge in [-0.2, -0.15) is 0 Å². The van der Waals surface area contributed by atoms with Crippen molar-refractivity contribution in [3.8, 4) is 5.75 Å². The number of nitrogens with zero attached hydrogens (tertiary/aromatic N) is 1. The molecule has 0 aliphatic heterocycles. The van der Waals surface area contributed by atoms with Gasteiger partial charge in [0.15, 0.2) is 0 Å². The number of hydrogen-bond acceptors (Lipinski definition) is 4. The highest BCUT2D eigenvalue weighted by Crippen LogP contribution is 2.26. The number of benzene rings is 2. The zero-order valence-electron chi connectivity index (χ0n) is 15.6. The molecule has 2 N–H and O–H groups in total. The van der Waals surface area contributed by atoms with Crippen LogP contribution in [0.3, 0.4) is 0 Å². The first kappa shape index (κ1) is 19.7. The van der Waals surface area contributed by atoms with Crippen molar-refractivity contribution in [1.82, 2.24) is 10.3 Å². The molecular formula is C22H22ClN3O2. The van der Waals surface area contributed by atoms with Crippen molar-refractivity contribution >= 4 is 29.0 Å². The zero-order chi connectivity index (χ0) is 19.8. The molecule has 1 aromatic heterocycles. The van der Waals surface area contributed by atoms with Crippen LogP contribution in [0.4, 0.5) is 11.5 Å². The number of amides is 1. The number of carbonyl (C=O) groups excluding carboxylic acids is 1. The maximum Gasteiger partial charge on any atom is 0.252 e. The molecule has 3 aromatic rings. The van der Waals surface area contributed by atoms with E-state index < -0.39 is 0 Å². The third-order valence-electron chi connectivity index (χ3n) is 4.09. The van der Waals surface area contributed by atoms with E-state index in [0.717, 1.165) is 23.4 Å². The fourth-order valence-corrected chi connectivity index (χ4v) is 2.79. The van der Waals surface area contributed by atoms with Crippen molar-refractivity contribution in [1.29, 1.82) is 0 Å². The Balaban J connectivity index is 1.55. The number of halogens is 1. The molecule has 0 spiro atoms. The van der Waals surface area contributed by atoms with Crippen LogP contribution in [0, 0.1) is 0 Å². The monoisotopic (exact) mass is 395 g/mol. The van der Waals surface area contributed by atoms with Crippen LogP contribution in [-0.4, -0.2) is 24.0 Å². The molecule has 0 aliphatic rings. The smallest absolute Gasteiger partial charge is 0.252 e. The van der Waals surface area contributed by atoms with Gasteiger partial charge in [0.1, 0.15) is 11.6 Å². The first-order chi connectivity index (χ1) is 13.7. The average molecular weight is 396 g/mol. The van der Waals surface area contributed by atoms with Gasteiger partial charge in [0.2, 0.25) is 0 Å². The Kier molecular flexibility index (Phi) is 6.87. The van der Waals surface area contributed by atoms with E-state index in [1.165, 1.54) is 0 Å². The van der Waals surface area contributed by atoms with Gasteiger partial charge >= 0.3 is 0 Å². The summed E-state index contributed by atoms with van der Waals surface area (Å²) in [5.74, 6) is 1.25. The molecule has 5 nitrogen and oxygen atoms in total. The van der Waals surface area contributed by atoms with Crippen molar-refractivity contribution in [2.75, 3.05) is 18.5 Å². The largest absolute Gasteiger partial charge is 0.492 e. The van der Waals surface area contributed by atoms with Gasteiger partial charge in [0.05, 0.1) is 17.9 Å². The fraction of sp³-hybridized carbons (Fsp3) is 0.182. The maximum atomic E-state index is 12.3. The van der Waals surface area contributed by atoms with Crippen LogP contribution in [0.15, 0.2) is 66.9 Å².